The van der Waals surface area contributed by atoms with Crippen LogP contribution in [0.4, 0.5) is 5.69 Å². The monoisotopic (exact) mass is 349 g/mol. The molecule has 2 aromatic rings. The summed E-state index contributed by atoms with van der Waals surface area (Å²) in [6, 6.07) is 19.7. The fourth-order valence-electron chi connectivity index (χ4n) is 4.20. The van der Waals surface area contributed by atoms with Gasteiger partial charge in [0.25, 0.3) is 0 Å². The summed E-state index contributed by atoms with van der Waals surface area (Å²) < 4.78 is 0. The molecule has 1 heterocycles. The zero-order valence-electron chi connectivity index (χ0n) is 14.4. The van der Waals surface area contributed by atoms with Crippen molar-refractivity contribution in [3.05, 3.63) is 89.0 Å². The highest BCUT2D eigenvalue weighted by Gasteiger charge is 2.32. The van der Waals surface area contributed by atoms with Crippen LogP contribution in [-0.2, 0) is 6.42 Å². The molecule has 2 heteroatoms. The zero-order chi connectivity index (χ0) is 17.1. The lowest BCUT2D eigenvalue weighted by Crippen LogP contribution is -2.45. The summed E-state index contributed by atoms with van der Waals surface area (Å²) in [6.45, 7) is 1.14. The van der Waals surface area contributed by atoms with Crippen LogP contribution in [0.3, 0.4) is 0 Å². The Morgan fingerprint density at radius 1 is 1.00 bits per heavy atom. The molecule has 128 valence electrons. The van der Waals surface area contributed by atoms with Crippen molar-refractivity contribution in [2.45, 2.75) is 31.7 Å². The van der Waals surface area contributed by atoms with Gasteiger partial charge in [0.15, 0.2) is 0 Å². The SMILES string of the molecule is Clc1ccc(CCC2C3=CC=CCC3CCN2c2ccccc2)cc1. The van der Waals surface area contributed by atoms with Gasteiger partial charge in [0, 0.05) is 17.3 Å². The second-order valence-electron chi connectivity index (χ2n) is 7.03. The van der Waals surface area contributed by atoms with Gasteiger partial charge >= 0.3 is 0 Å². The van der Waals surface area contributed by atoms with Gasteiger partial charge in [0.05, 0.1) is 6.04 Å². The molecule has 0 radical (unpaired) electrons. The molecular weight excluding hydrogens is 326 g/mol. The predicted octanol–water partition coefficient (Wildman–Crippen LogP) is 6.05. The Bertz CT molecular complexity index is 760. The summed E-state index contributed by atoms with van der Waals surface area (Å²) in [7, 11) is 0. The molecule has 1 nitrogen and oxygen atoms in total. The van der Waals surface area contributed by atoms with Crippen molar-refractivity contribution in [1.29, 1.82) is 0 Å². The predicted molar refractivity (Wildman–Crippen MR) is 107 cm³/mol. The summed E-state index contributed by atoms with van der Waals surface area (Å²) in [5.74, 6) is 0.722. The van der Waals surface area contributed by atoms with Gasteiger partial charge in [0.1, 0.15) is 0 Å². The van der Waals surface area contributed by atoms with Crippen LogP contribution in [0.5, 0.6) is 0 Å². The second kappa shape index (κ2) is 7.49. The van der Waals surface area contributed by atoms with E-state index in [0.29, 0.717) is 6.04 Å². The van der Waals surface area contributed by atoms with Crippen molar-refractivity contribution < 1.29 is 0 Å². The molecule has 1 aliphatic carbocycles. The molecule has 0 saturated carbocycles. The maximum atomic E-state index is 6.03. The van der Waals surface area contributed by atoms with E-state index in [-0.39, 0.29) is 0 Å². The van der Waals surface area contributed by atoms with Gasteiger partial charge in [0.2, 0.25) is 0 Å². The number of aryl methyl sites for hydroxylation is 1. The van der Waals surface area contributed by atoms with E-state index in [1.54, 1.807) is 5.57 Å². The number of hydrogen-bond donors (Lipinski definition) is 0. The molecule has 1 fully saturated rings. The van der Waals surface area contributed by atoms with Crippen molar-refractivity contribution in [1.82, 2.24) is 0 Å². The number of para-hydroxylation sites is 1. The average molecular weight is 350 g/mol. The standard InChI is InChI=1S/C23H24ClN/c24-20-13-10-18(11-14-20)12-15-23-22-9-5-4-6-19(22)16-17-25(23)21-7-2-1-3-8-21/h1-5,7-11,13-14,19,23H,6,12,15-17H2. The van der Waals surface area contributed by atoms with Crippen LogP contribution in [0.1, 0.15) is 24.8 Å². The highest BCUT2D eigenvalue weighted by molar-refractivity contribution is 6.30. The van der Waals surface area contributed by atoms with Crippen molar-refractivity contribution in [3.63, 3.8) is 0 Å². The van der Waals surface area contributed by atoms with Gasteiger partial charge < -0.3 is 4.90 Å². The third kappa shape index (κ3) is 3.67. The number of allylic oxidation sites excluding steroid dienone is 3. The van der Waals surface area contributed by atoms with E-state index in [2.05, 4.69) is 65.6 Å². The van der Waals surface area contributed by atoms with Crippen LogP contribution in [0.15, 0.2) is 78.4 Å². The summed E-state index contributed by atoms with van der Waals surface area (Å²) in [4.78, 5) is 2.61. The Kier molecular flexibility index (Phi) is 4.94. The van der Waals surface area contributed by atoms with Gasteiger partial charge in [-0.05, 0) is 67.0 Å². The lowest BCUT2D eigenvalue weighted by atomic mass is 9.78. The summed E-state index contributed by atoms with van der Waals surface area (Å²) in [6.07, 6.45) is 11.6. The molecule has 2 aliphatic rings. The molecule has 0 aromatic heterocycles. The maximum Gasteiger partial charge on any atom is 0.0511 e. The first kappa shape index (κ1) is 16.5. The minimum absolute atomic E-state index is 0.488. The number of rotatable bonds is 4. The Morgan fingerprint density at radius 3 is 2.60 bits per heavy atom. The molecule has 25 heavy (non-hydrogen) atoms. The highest BCUT2D eigenvalue weighted by atomic mass is 35.5. The normalized spacial score (nSPS) is 22.4. The summed E-state index contributed by atoms with van der Waals surface area (Å²) >= 11 is 6.03. The van der Waals surface area contributed by atoms with E-state index < -0.39 is 0 Å². The topological polar surface area (TPSA) is 3.24 Å². The Morgan fingerprint density at radius 2 is 1.80 bits per heavy atom. The molecule has 2 unspecified atom stereocenters. The molecule has 4 rings (SSSR count). The first-order valence-electron chi connectivity index (χ1n) is 9.24. The van der Waals surface area contributed by atoms with Gasteiger partial charge in [-0.1, -0.05) is 60.2 Å². The molecule has 0 N–H and O–H groups in total. The van der Waals surface area contributed by atoms with Gasteiger partial charge in [-0.15, -0.1) is 0 Å². The van der Waals surface area contributed by atoms with Crippen molar-refractivity contribution in [2.24, 2.45) is 5.92 Å². The lowest BCUT2D eigenvalue weighted by Gasteiger charge is -2.44. The highest BCUT2D eigenvalue weighted by Crippen LogP contribution is 2.38. The third-order valence-electron chi connectivity index (χ3n) is 5.50. The fraction of sp³-hybridized carbons (Fsp3) is 0.304. The number of benzene rings is 2. The van der Waals surface area contributed by atoms with Crippen molar-refractivity contribution in [3.8, 4) is 0 Å². The van der Waals surface area contributed by atoms with Crippen LogP contribution >= 0.6 is 11.6 Å². The number of halogens is 1. The largest absolute Gasteiger partial charge is 0.365 e. The molecule has 2 aromatic carbocycles. The maximum absolute atomic E-state index is 6.03. The van der Waals surface area contributed by atoms with Crippen LogP contribution in [0.2, 0.25) is 5.02 Å². The van der Waals surface area contributed by atoms with Crippen LogP contribution in [0, 0.1) is 5.92 Å². The number of anilines is 1. The Balaban J connectivity index is 1.59. The Hall–Kier alpha value is -1.99. The average Bonchev–Trinajstić information content (AvgIpc) is 2.68. The van der Waals surface area contributed by atoms with Gasteiger partial charge in [-0.3, -0.25) is 0 Å². The molecule has 1 aliphatic heterocycles. The van der Waals surface area contributed by atoms with Crippen molar-refractivity contribution in [2.75, 3.05) is 11.4 Å². The van der Waals surface area contributed by atoms with Crippen LogP contribution in [-0.4, -0.2) is 12.6 Å². The van der Waals surface area contributed by atoms with Crippen LogP contribution in [0.25, 0.3) is 0 Å². The first-order chi connectivity index (χ1) is 12.3. The van der Waals surface area contributed by atoms with Gasteiger partial charge in [-0.25, -0.2) is 0 Å². The molecule has 0 bridgehead atoms. The minimum Gasteiger partial charge on any atom is -0.365 e. The molecule has 0 amide bonds. The van der Waals surface area contributed by atoms with Crippen molar-refractivity contribution >= 4 is 17.3 Å². The fourth-order valence-corrected chi connectivity index (χ4v) is 4.32. The zero-order valence-corrected chi connectivity index (χ0v) is 15.2. The van der Waals surface area contributed by atoms with Gasteiger partial charge in [-0.2, -0.15) is 0 Å². The van der Waals surface area contributed by atoms with Crippen LogP contribution < -0.4 is 4.90 Å². The minimum atomic E-state index is 0.488. The molecule has 2 atom stereocenters. The number of nitrogens with zero attached hydrogens (tertiary/aromatic N) is 1. The Labute approximate surface area is 155 Å². The third-order valence-corrected chi connectivity index (χ3v) is 5.76. The molecule has 1 saturated heterocycles. The van der Waals surface area contributed by atoms with E-state index >= 15 is 0 Å². The van der Waals surface area contributed by atoms with E-state index in [9.17, 15) is 0 Å². The summed E-state index contributed by atoms with van der Waals surface area (Å²) in [5, 5.41) is 0.813. The number of piperidine rings is 1. The smallest absolute Gasteiger partial charge is 0.0511 e. The van der Waals surface area contributed by atoms with E-state index in [1.807, 2.05) is 12.1 Å². The quantitative estimate of drug-likeness (QED) is 0.649. The number of fused-ring (bicyclic) bond motifs is 1. The first-order valence-corrected chi connectivity index (χ1v) is 9.62. The number of hydrogen-bond acceptors (Lipinski definition) is 1. The lowest BCUT2D eigenvalue weighted by molar-refractivity contribution is 0.428. The second-order valence-corrected chi connectivity index (χ2v) is 7.46. The molecular formula is C23H24ClN. The van der Waals surface area contributed by atoms with E-state index in [4.69, 9.17) is 11.6 Å². The van der Waals surface area contributed by atoms with E-state index in [1.165, 1.54) is 24.1 Å². The summed E-state index contributed by atoms with van der Waals surface area (Å²) in [5.41, 5.74) is 4.33. The van der Waals surface area contributed by atoms with E-state index in [0.717, 1.165) is 30.3 Å². The molecule has 0 spiro atoms.